The van der Waals surface area contributed by atoms with E-state index in [9.17, 15) is 0 Å². The van der Waals surface area contributed by atoms with Crippen LogP contribution in [0.3, 0.4) is 0 Å². The van der Waals surface area contributed by atoms with Gasteiger partial charge >= 0.3 is 0 Å². The molecule has 0 saturated carbocycles. The lowest BCUT2D eigenvalue weighted by molar-refractivity contribution is 0.191. The second-order valence-corrected chi connectivity index (χ2v) is 4.94. The molecule has 0 aromatic carbocycles. The second kappa shape index (κ2) is 4.77. The SMILES string of the molecule is C[C@H](O)CNCc1cnn(C(C)(C)C)c1. The molecule has 15 heavy (non-hydrogen) atoms. The number of aromatic nitrogens is 2. The Labute approximate surface area is 91.3 Å². The molecule has 4 heteroatoms. The highest BCUT2D eigenvalue weighted by Crippen LogP contribution is 2.12. The van der Waals surface area contributed by atoms with Crippen LogP contribution in [0, 0.1) is 0 Å². The first kappa shape index (κ1) is 12.2. The summed E-state index contributed by atoms with van der Waals surface area (Å²) in [6, 6.07) is 0. The van der Waals surface area contributed by atoms with Crippen molar-refractivity contribution in [2.45, 2.75) is 45.9 Å². The maximum atomic E-state index is 9.08. The average molecular weight is 211 g/mol. The third kappa shape index (κ3) is 4.01. The number of hydrogen-bond acceptors (Lipinski definition) is 3. The minimum absolute atomic E-state index is 0.0303. The van der Waals surface area contributed by atoms with Crippen LogP contribution in [0.1, 0.15) is 33.3 Å². The Hall–Kier alpha value is -0.870. The van der Waals surface area contributed by atoms with E-state index in [4.69, 9.17) is 5.11 Å². The summed E-state index contributed by atoms with van der Waals surface area (Å²) in [7, 11) is 0. The molecule has 2 N–H and O–H groups in total. The maximum Gasteiger partial charge on any atom is 0.0636 e. The smallest absolute Gasteiger partial charge is 0.0636 e. The summed E-state index contributed by atoms with van der Waals surface area (Å²) in [4.78, 5) is 0. The number of aliphatic hydroxyl groups is 1. The van der Waals surface area contributed by atoms with E-state index in [2.05, 4.69) is 31.2 Å². The minimum Gasteiger partial charge on any atom is -0.392 e. The van der Waals surface area contributed by atoms with Crippen LogP contribution in [0.25, 0.3) is 0 Å². The molecule has 1 aromatic rings. The van der Waals surface area contributed by atoms with Crippen LogP contribution in [0.2, 0.25) is 0 Å². The number of aliphatic hydroxyl groups excluding tert-OH is 1. The van der Waals surface area contributed by atoms with Crippen LogP contribution in [0.4, 0.5) is 0 Å². The maximum absolute atomic E-state index is 9.08. The highest BCUT2D eigenvalue weighted by atomic mass is 16.3. The van der Waals surface area contributed by atoms with Gasteiger partial charge in [-0.3, -0.25) is 4.68 Å². The predicted octanol–water partition coefficient (Wildman–Crippen LogP) is 1.11. The third-order valence-electron chi connectivity index (χ3n) is 2.09. The monoisotopic (exact) mass is 211 g/mol. The molecule has 1 atom stereocenters. The largest absolute Gasteiger partial charge is 0.392 e. The van der Waals surface area contributed by atoms with Crippen molar-refractivity contribution in [1.29, 1.82) is 0 Å². The van der Waals surface area contributed by atoms with E-state index in [0.717, 1.165) is 12.1 Å². The molecule has 1 heterocycles. The topological polar surface area (TPSA) is 50.1 Å². The van der Waals surface area contributed by atoms with E-state index in [1.54, 1.807) is 6.92 Å². The molecule has 0 aliphatic heterocycles. The zero-order valence-electron chi connectivity index (χ0n) is 9.99. The van der Waals surface area contributed by atoms with E-state index in [0.29, 0.717) is 6.54 Å². The van der Waals surface area contributed by atoms with Crippen molar-refractivity contribution in [3.05, 3.63) is 18.0 Å². The summed E-state index contributed by atoms with van der Waals surface area (Å²) in [5.41, 5.74) is 1.17. The van der Waals surface area contributed by atoms with E-state index >= 15 is 0 Å². The van der Waals surface area contributed by atoms with Crippen LogP contribution in [-0.2, 0) is 12.1 Å². The van der Waals surface area contributed by atoms with Crippen LogP contribution in [-0.4, -0.2) is 27.5 Å². The van der Waals surface area contributed by atoms with Gasteiger partial charge in [0.15, 0.2) is 0 Å². The summed E-state index contributed by atoms with van der Waals surface area (Å²) in [5, 5.41) is 16.5. The summed E-state index contributed by atoms with van der Waals surface area (Å²) >= 11 is 0. The van der Waals surface area contributed by atoms with E-state index in [1.165, 1.54) is 0 Å². The number of hydrogen-bond donors (Lipinski definition) is 2. The van der Waals surface area contributed by atoms with Gasteiger partial charge in [-0.1, -0.05) is 0 Å². The van der Waals surface area contributed by atoms with Crippen molar-refractivity contribution < 1.29 is 5.11 Å². The fourth-order valence-corrected chi connectivity index (χ4v) is 1.24. The van der Waals surface area contributed by atoms with Gasteiger partial charge in [-0.25, -0.2) is 0 Å². The Morgan fingerprint density at radius 2 is 2.20 bits per heavy atom. The zero-order valence-corrected chi connectivity index (χ0v) is 9.99. The van der Waals surface area contributed by atoms with Gasteiger partial charge in [0.2, 0.25) is 0 Å². The Bertz CT molecular complexity index is 299. The lowest BCUT2D eigenvalue weighted by Crippen LogP contribution is -2.24. The molecule has 0 fully saturated rings. The average Bonchev–Trinajstić information content (AvgIpc) is 2.51. The molecule has 0 aliphatic rings. The van der Waals surface area contributed by atoms with Gasteiger partial charge in [0, 0.05) is 24.8 Å². The fourth-order valence-electron chi connectivity index (χ4n) is 1.24. The summed E-state index contributed by atoms with van der Waals surface area (Å²) in [5.74, 6) is 0. The van der Waals surface area contributed by atoms with Gasteiger partial charge in [0.1, 0.15) is 0 Å². The Kier molecular flexibility index (Phi) is 3.88. The fraction of sp³-hybridized carbons (Fsp3) is 0.727. The molecule has 0 bridgehead atoms. The standard InChI is InChI=1S/C11H21N3O/c1-9(15)5-12-6-10-7-13-14(8-10)11(2,3)4/h7-9,12,15H,5-6H2,1-4H3/t9-/m0/s1. The van der Waals surface area contributed by atoms with E-state index < -0.39 is 0 Å². The molecule has 0 radical (unpaired) electrons. The molecule has 1 aromatic heterocycles. The highest BCUT2D eigenvalue weighted by molar-refractivity contribution is 5.04. The lowest BCUT2D eigenvalue weighted by atomic mass is 10.1. The first-order chi connectivity index (χ1) is 6.89. The van der Waals surface area contributed by atoms with E-state index in [1.807, 2.05) is 17.1 Å². The number of rotatable bonds is 4. The minimum atomic E-state index is -0.303. The molecule has 0 unspecified atom stereocenters. The zero-order chi connectivity index (χ0) is 11.5. The van der Waals surface area contributed by atoms with Gasteiger partial charge in [0.05, 0.1) is 17.8 Å². The highest BCUT2D eigenvalue weighted by Gasteiger charge is 2.13. The molecule has 0 aliphatic carbocycles. The van der Waals surface area contributed by atoms with Gasteiger partial charge < -0.3 is 10.4 Å². The van der Waals surface area contributed by atoms with Crippen LogP contribution >= 0.6 is 0 Å². The summed E-state index contributed by atoms with van der Waals surface area (Å²) in [6.07, 6.45) is 3.60. The van der Waals surface area contributed by atoms with Crippen LogP contribution < -0.4 is 5.32 Å². The van der Waals surface area contributed by atoms with Gasteiger partial charge in [0.25, 0.3) is 0 Å². The van der Waals surface area contributed by atoms with Gasteiger partial charge in [-0.2, -0.15) is 5.10 Å². The quantitative estimate of drug-likeness (QED) is 0.784. The van der Waals surface area contributed by atoms with Crippen molar-refractivity contribution in [3.8, 4) is 0 Å². The Balaban J connectivity index is 2.47. The second-order valence-electron chi connectivity index (χ2n) is 4.94. The van der Waals surface area contributed by atoms with Crippen LogP contribution in [0.15, 0.2) is 12.4 Å². The van der Waals surface area contributed by atoms with Crippen molar-refractivity contribution in [2.75, 3.05) is 6.54 Å². The van der Waals surface area contributed by atoms with Crippen molar-refractivity contribution in [2.24, 2.45) is 0 Å². The Morgan fingerprint density at radius 1 is 1.53 bits per heavy atom. The third-order valence-corrected chi connectivity index (χ3v) is 2.09. The molecular formula is C11H21N3O. The molecule has 4 nitrogen and oxygen atoms in total. The normalized spacial score (nSPS) is 14.2. The van der Waals surface area contributed by atoms with Crippen molar-refractivity contribution >= 4 is 0 Å². The molecule has 1 rings (SSSR count). The molecule has 0 amide bonds. The first-order valence-electron chi connectivity index (χ1n) is 5.32. The Morgan fingerprint density at radius 3 is 2.67 bits per heavy atom. The molecular weight excluding hydrogens is 190 g/mol. The van der Waals surface area contributed by atoms with E-state index in [-0.39, 0.29) is 11.6 Å². The first-order valence-corrected chi connectivity index (χ1v) is 5.32. The predicted molar refractivity (Wildman–Crippen MR) is 60.6 cm³/mol. The summed E-state index contributed by atoms with van der Waals surface area (Å²) in [6.45, 7) is 9.49. The van der Waals surface area contributed by atoms with Crippen molar-refractivity contribution in [1.82, 2.24) is 15.1 Å². The summed E-state index contributed by atoms with van der Waals surface area (Å²) < 4.78 is 1.95. The van der Waals surface area contributed by atoms with Crippen LogP contribution in [0.5, 0.6) is 0 Å². The number of nitrogens with zero attached hydrogens (tertiary/aromatic N) is 2. The lowest BCUT2D eigenvalue weighted by Gasteiger charge is -2.18. The van der Waals surface area contributed by atoms with Gasteiger partial charge in [-0.05, 0) is 27.7 Å². The molecule has 0 saturated heterocycles. The van der Waals surface area contributed by atoms with Gasteiger partial charge in [-0.15, -0.1) is 0 Å². The van der Waals surface area contributed by atoms with Crippen molar-refractivity contribution in [3.63, 3.8) is 0 Å². The molecule has 0 spiro atoms. The number of nitrogens with one attached hydrogen (secondary N) is 1. The molecule has 86 valence electrons.